The van der Waals surface area contributed by atoms with E-state index in [2.05, 4.69) is 36.6 Å². The van der Waals surface area contributed by atoms with E-state index in [9.17, 15) is 0 Å². The lowest BCUT2D eigenvalue weighted by Gasteiger charge is -2.43. The van der Waals surface area contributed by atoms with E-state index >= 15 is 0 Å². The molecule has 1 N–H and O–H groups in total. The smallest absolute Gasteiger partial charge is 0.124 e. The molecule has 2 heteroatoms. The average molecular weight is 243 g/mol. The molecule has 0 bridgehead atoms. The summed E-state index contributed by atoms with van der Waals surface area (Å²) in [6.45, 7) is 0. The number of hydrogen-bond donors (Lipinski definition) is 1. The van der Waals surface area contributed by atoms with Crippen molar-refractivity contribution in [2.24, 2.45) is 11.8 Å². The molecule has 2 aliphatic carbocycles. The summed E-state index contributed by atoms with van der Waals surface area (Å²) in [7, 11) is 2.08. The van der Waals surface area contributed by atoms with Crippen LogP contribution in [0.4, 0.5) is 0 Å². The van der Waals surface area contributed by atoms with Crippen molar-refractivity contribution >= 4 is 0 Å². The van der Waals surface area contributed by atoms with Crippen molar-refractivity contribution in [3.05, 3.63) is 29.8 Å². The Morgan fingerprint density at radius 2 is 1.78 bits per heavy atom. The molecule has 0 saturated heterocycles. The molecular weight excluding hydrogens is 222 g/mol. The zero-order chi connectivity index (χ0) is 12.2. The van der Waals surface area contributed by atoms with Gasteiger partial charge < -0.3 is 10.1 Å². The zero-order valence-electron chi connectivity index (χ0n) is 11.0. The van der Waals surface area contributed by atoms with E-state index in [1.54, 1.807) is 0 Å². The highest BCUT2D eigenvalue weighted by molar-refractivity contribution is 5.40. The Morgan fingerprint density at radius 1 is 1.11 bits per heavy atom. The minimum atomic E-state index is 0.155. The van der Waals surface area contributed by atoms with Gasteiger partial charge in [0.05, 0.1) is 0 Å². The highest BCUT2D eigenvalue weighted by Crippen LogP contribution is 2.59. The van der Waals surface area contributed by atoms with E-state index < -0.39 is 0 Å². The SMILES string of the molecule is CNC1CC(C2CC2)(C2CC2)Oc2ccccc21. The molecule has 0 aromatic heterocycles. The van der Waals surface area contributed by atoms with E-state index in [1.807, 2.05) is 0 Å². The molecule has 1 aliphatic heterocycles. The third-order valence-corrected chi connectivity index (χ3v) is 5.00. The van der Waals surface area contributed by atoms with E-state index in [0.717, 1.165) is 24.0 Å². The van der Waals surface area contributed by atoms with E-state index in [-0.39, 0.29) is 5.60 Å². The van der Waals surface area contributed by atoms with Gasteiger partial charge in [-0.1, -0.05) is 18.2 Å². The quantitative estimate of drug-likeness (QED) is 0.879. The van der Waals surface area contributed by atoms with Crippen LogP contribution in [0.15, 0.2) is 24.3 Å². The van der Waals surface area contributed by atoms with Gasteiger partial charge in [0.25, 0.3) is 0 Å². The molecule has 0 radical (unpaired) electrons. The van der Waals surface area contributed by atoms with Crippen LogP contribution in [0.25, 0.3) is 0 Å². The monoisotopic (exact) mass is 243 g/mol. The van der Waals surface area contributed by atoms with Gasteiger partial charge in [0.2, 0.25) is 0 Å². The second kappa shape index (κ2) is 3.74. The number of rotatable bonds is 3. The van der Waals surface area contributed by atoms with Crippen molar-refractivity contribution in [3.63, 3.8) is 0 Å². The molecule has 2 saturated carbocycles. The van der Waals surface area contributed by atoms with Crippen molar-refractivity contribution in [1.29, 1.82) is 0 Å². The summed E-state index contributed by atoms with van der Waals surface area (Å²) in [5.41, 5.74) is 1.50. The Hall–Kier alpha value is -1.02. The van der Waals surface area contributed by atoms with E-state index in [4.69, 9.17) is 4.74 Å². The van der Waals surface area contributed by atoms with Gasteiger partial charge in [-0.3, -0.25) is 0 Å². The Labute approximate surface area is 109 Å². The summed E-state index contributed by atoms with van der Waals surface area (Å²) in [5.74, 6) is 2.75. The summed E-state index contributed by atoms with van der Waals surface area (Å²) in [5, 5.41) is 3.50. The molecule has 1 unspecified atom stereocenters. The van der Waals surface area contributed by atoms with Crippen molar-refractivity contribution in [1.82, 2.24) is 5.32 Å². The lowest BCUT2D eigenvalue weighted by molar-refractivity contribution is -0.0103. The third-order valence-electron chi connectivity index (χ3n) is 5.00. The summed E-state index contributed by atoms with van der Waals surface area (Å²) in [4.78, 5) is 0. The minimum Gasteiger partial charge on any atom is -0.486 e. The van der Waals surface area contributed by atoms with Crippen LogP contribution in [0.5, 0.6) is 5.75 Å². The lowest BCUT2D eigenvalue weighted by atomic mass is 9.80. The van der Waals surface area contributed by atoms with Gasteiger partial charge in [0, 0.05) is 18.0 Å². The molecule has 18 heavy (non-hydrogen) atoms. The predicted molar refractivity (Wildman–Crippen MR) is 71.7 cm³/mol. The summed E-state index contributed by atoms with van der Waals surface area (Å²) >= 11 is 0. The summed E-state index contributed by atoms with van der Waals surface area (Å²) in [6.07, 6.45) is 6.64. The van der Waals surface area contributed by atoms with Crippen LogP contribution in [0, 0.1) is 11.8 Å². The van der Waals surface area contributed by atoms with Crippen LogP contribution in [-0.4, -0.2) is 12.6 Å². The van der Waals surface area contributed by atoms with Gasteiger partial charge >= 0.3 is 0 Å². The fraction of sp³-hybridized carbons (Fsp3) is 0.625. The molecule has 1 aromatic carbocycles. The number of fused-ring (bicyclic) bond motifs is 1. The maximum absolute atomic E-state index is 6.56. The molecule has 1 atom stereocenters. The summed E-state index contributed by atoms with van der Waals surface area (Å²) < 4.78 is 6.56. The van der Waals surface area contributed by atoms with Crippen LogP contribution in [0.3, 0.4) is 0 Å². The maximum Gasteiger partial charge on any atom is 0.124 e. The molecule has 3 aliphatic rings. The van der Waals surface area contributed by atoms with Gasteiger partial charge in [-0.05, 0) is 50.6 Å². The number of nitrogens with one attached hydrogen (secondary N) is 1. The molecule has 4 rings (SSSR count). The number of benzene rings is 1. The molecule has 0 amide bonds. The van der Waals surface area contributed by atoms with Crippen LogP contribution in [0.1, 0.15) is 43.7 Å². The molecule has 1 aromatic rings. The first-order chi connectivity index (χ1) is 8.83. The van der Waals surface area contributed by atoms with E-state index in [1.165, 1.54) is 31.2 Å². The van der Waals surface area contributed by atoms with Crippen LogP contribution >= 0.6 is 0 Å². The van der Waals surface area contributed by atoms with Crippen LogP contribution in [0.2, 0.25) is 0 Å². The number of para-hydroxylation sites is 1. The van der Waals surface area contributed by atoms with Crippen molar-refractivity contribution in [3.8, 4) is 5.75 Å². The Bertz CT molecular complexity index is 450. The van der Waals surface area contributed by atoms with Gasteiger partial charge in [-0.15, -0.1) is 0 Å². The summed E-state index contributed by atoms with van der Waals surface area (Å²) in [6, 6.07) is 9.05. The van der Waals surface area contributed by atoms with Gasteiger partial charge in [0.15, 0.2) is 0 Å². The molecule has 96 valence electrons. The van der Waals surface area contributed by atoms with Gasteiger partial charge in [-0.2, -0.15) is 0 Å². The Kier molecular flexibility index (Phi) is 2.25. The molecule has 1 heterocycles. The van der Waals surface area contributed by atoms with Crippen LogP contribution in [-0.2, 0) is 0 Å². The zero-order valence-corrected chi connectivity index (χ0v) is 11.0. The van der Waals surface area contributed by atoms with Crippen molar-refractivity contribution < 1.29 is 4.74 Å². The lowest BCUT2D eigenvalue weighted by Crippen LogP contribution is -2.47. The molecular formula is C16H21NO. The van der Waals surface area contributed by atoms with Gasteiger partial charge in [0.1, 0.15) is 11.4 Å². The molecule has 0 spiro atoms. The number of hydrogen-bond acceptors (Lipinski definition) is 2. The molecule has 2 fully saturated rings. The van der Waals surface area contributed by atoms with Gasteiger partial charge in [-0.25, -0.2) is 0 Å². The average Bonchev–Trinajstić information content (AvgIpc) is 3.30. The second-order valence-electron chi connectivity index (χ2n) is 6.19. The van der Waals surface area contributed by atoms with E-state index in [0.29, 0.717) is 6.04 Å². The first-order valence-electron chi connectivity index (χ1n) is 7.29. The Balaban J connectivity index is 1.76. The Morgan fingerprint density at radius 3 is 2.39 bits per heavy atom. The van der Waals surface area contributed by atoms with Crippen molar-refractivity contribution in [2.75, 3.05) is 7.05 Å². The third kappa shape index (κ3) is 1.51. The first kappa shape index (κ1) is 10.9. The standard InChI is InChI=1S/C16H21NO/c1-17-14-10-16(11-6-7-11,12-8-9-12)18-15-5-3-2-4-13(14)15/h2-5,11-12,14,17H,6-10H2,1H3. The highest BCUT2D eigenvalue weighted by atomic mass is 16.5. The fourth-order valence-corrected chi connectivity index (χ4v) is 3.77. The topological polar surface area (TPSA) is 21.3 Å². The largest absolute Gasteiger partial charge is 0.486 e. The fourth-order valence-electron chi connectivity index (χ4n) is 3.77. The predicted octanol–water partition coefficient (Wildman–Crippen LogP) is 3.29. The highest BCUT2D eigenvalue weighted by Gasteiger charge is 2.58. The number of ether oxygens (including phenoxy) is 1. The van der Waals surface area contributed by atoms with Crippen molar-refractivity contribution in [2.45, 2.75) is 43.7 Å². The molecule has 2 nitrogen and oxygen atoms in total. The van der Waals surface area contributed by atoms with Crippen LogP contribution < -0.4 is 10.1 Å². The first-order valence-corrected chi connectivity index (χ1v) is 7.29. The minimum absolute atomic E-state index is 0.155. The maximum atomic E-state index is 6.56. The second-order valence-corrected chi connectivity index (χ2v) is 6.19. The normalized spacial score (nSPS) is 29.5.